The highest BCUT2D eigenvalue weighted by Gasteiger charge is 2.36. The summed E-state index contributed by atoms with van der Waals surface area (Å²) >= 11 is 0. The number of benzene rings is 1. The van der Waals surface area contributed by atoms with Crippen molar-refractivity contribution < 1.29 is 13.7 Å². The number of hydrogen-bond acceptors (Lipinski definition) is 5. The van der Waals surface area contributed by atoms with Crippen LogP contribution < -0.4 is 10.5 Å². The van der Waals surface area contributed by atoms with E-state index in [2.05, 4.69) is 10.1 Å². The van der Waals surface area contributed by atoms with Crippen molar-refractivity contribution in [3.8, 4) is 5.75 Å². The van der Waals surface area contributed by atoms with Crippen molar-refractivity contribution in [1.29, 1.82) is 0 Å². The number of para-hydroxylation sites is 1. The smallest absolute Gasteiger partial charge is 0.246 e. The van der Waals surface area contributed by atoms with E-state index in [0.29, 0.717) is 11.7 Å². The van der Waals surface area contributed by atoms with E-state index in [4.69, 9.17) is 15.0 Å². The fraction of sp³-hybridized carbons (Fsp3) is 0.429. The summed E-state index contributed by atoms with van der Waals surface area (Å²) in [4.78, 5) is 4.26. The molecular weight excluding hydrogens is 297 g/mol. The second kappa shape index (κ2) is 6.41. The largest absolute Gasteiger partial charge is 0.482 e. The highest BCUT2D eigenvalue weighted by molar-refractivity contribution is 5.85. The minimum atomic E-state index is -0.511. The first-order chi connectivity index (χ1) is 9.67. The molecule has 7 heteroatoms. The van der Waals surface area contributed by atoms with Gasteiger partial charge in [-0.1, -0.05) is 30.1 Å². The van der Waals surface area contributed by atoms with Crippen LogP contribution in [0, 0.1) is 5.82 Å². The van der Waals surface area contributed by atoms with Crippen LogP contribution in [0.25, 0.3) is 0 Å². The maximum Gasteiger partial charge on any atom is 0.246 e. The molecule has 3 rings (SSSR count). The molecule has 1 fully saturated rings. The second-order valence-corrected chi connectivity index (χ2v) is 5.10. The van der Waals surface area contributed by atoms with Crippen LogP contribution in [0.1, 0.15) is 37.4 Å². The summed E-state index contributed by atoms with van der Waals surface area (Å²) in [5.74, 6) is 0.576. The van der Waals surface area contributed by atoms with E-state index >= 15 is 0 Å². The van der Waals surface area contributed by atoms with Crippen LogP contribution in [0.3, 0.4) is 0 Å². The second-order valence-electron chi connectivity index (χ2n) is 5.10. The molecule has 0 spiro atoms. The number of aromatic nitrogens is 2. The predicted octanol–water partition coefficient (Wildman–Crippen LogP) is 2.94. The van der Waals surface area contributed by atoms with E-state index in [0.717, 1.165) is 25.7 Å². The van der Waals surface area contributed by atoms with Crippen molar-refractivity contribution in [3.05, 3.63) is 41.8 Å². The Morgan fingerprint density at radius 1 is 1.29 bits per heavy atom. The molecule has 0 aliphatic heterocycles. The molecule has 0 bridgehead atoms. The van der Waals surface area contributed by atoms with E-state index in [1.807, 2.05) is 0 Å². The van der Waals surface area contributed by atoms with Crippen molar-refractivity contribution in [3.63, 3.8) is 0 Å². The number of ether oxygens (including phenoxy) is 1. The van der Waals surface area contributed by atoms with Crippen LogP contribution in [0.2, 0.25) is 0 Å². The molecule has 2 N–H and O–H groups in total. The Hall–Kier alpha value is -1.66. The standard InChI is InChI=1S/C14H16FN3O2.ClH/c15-10-5-1-2-6-11(10)19-9-12-17-13(20-18-12)14(16)7-3-4-8-14;/h1-2,5-6H,3-4,7-9,16H2;1H. The molecule has 1 aliphatic rings. The van der Waals surface area contributed by atoms with Crippen molar-refractivity contribution in [2.75, 3.05) is 0 Å². The minimum Gasteiger partial charge on any atom is -0.482 e. The normalized spacial score (nSPS) is 16.5. The third-order valence-corrected chi connectivity index (χ3v) is 3.58. The summed E-state index contributed by atoms with van der Waals surface area (Å²) < 4.78 is 23.9. The predicted molar refractivity (Wildman–Crippen MR) is 76.6 cm³/mol. The molecule has 0 unspecified atom stereocenters. The first-order valence-electron chi connectivity index (χ1n) is 6.67. The Labute approximate surface area is 128 Å². The van der Waals surface area contributed by atoms with Crippen molar-refractivity contribution in [2.45, 2.75) is 37.8 Å². The lowest BCUT2D eigenvalue weighted by Crippen LogP contribution is -2.33. The molecule has 2 aromatic rings. The first-order valence-corrected chi connectivity index (χ1v) is 6.67. The van der Waals surface area contributed by atoms with E-state index in [1.54, 1.807) is 18.2 Å². The molecule has 1 aromatic heterocycles. The summed E-state index contributed by atoms with van der Waals surface area (Å²) in [5.41, 5.74) is 5.72. The Kier molecular flexibility index (Phi) is 4.80. The van der Waals surface area contributed by atoms with Gasteiger partial charge in [-0.3, -0.25) is 0 Å². The molecule has 0 atom stereocenters. The van der Waals surface area contributed by atoms with Gasteiger partial charge in [0, 0.05) is 0 Å². The summed E-state index contributed by atoms with van der Waals surface area (Å²) in [5, 5.41) is 3.84. The monoisotopic (exact) mass is 313 g/mol. The zero-order valence-electron chi connectivity index (χ0n) is 11.4. The lowest BCUT2D eigenvalue weighted by Gasteiger charge is -2.17. The van der Waals surface area contributed by atoms with Crippen LogP contribution in [-0.4, -0.2) is 10.1 Å². The van der Waals surface area contributed by atoms with Crippen LogP contribution in [0.4, 0.5) is 4.39 Å². The van der Waals surface area contributed by atoms with E-state index in [9.17, 15) is 4.39 Å². The fourth-order valence-electron chi connectivity index (χ4n) is 2.44. The third kappa shape index (κ3) is 3.33. The molecule has 0 amide bonds. The lowest BCUT2D eigenvalue weighted by atomic mass is 9.99. The lowest BCUT2D eigenvalue weighted by molar-refractivity contribution is 0.263. The Balaban J connectivity index is 0.00000161. The molecule has 114 valence electrons. The molecule has 5 nitrogen and oxygen atoms in total. The van der Waals surface area contributed by atoms with Gasteiger partial charge in [-0.15, -0.1) is 12.4 Å². The van der Waals surface area contributed by atoms with Gasteiger partial charge in [-0.2, -0.15) is 4.98 Å². The zero-order chi connectivity index (χ0) is 14.0. The SMILES string of the molecule is Cl.NC1(c2nc(COc3ccccc3F)no2)CCCC1. The number of nitrogens with zero attached hydrogens (tertiary/aromatic N) is 2. The van der Waals surface area contributed by atoms with Gasteiger partial charge in [-0.25, -0.2) is 4.39 Å². The van der Waals surface area contributed by atoms with Crippen LogP contribution in [-0.2, 0) is 12.1 Å². The Bertz CT molecular complexity index is 599. The van der Waals surface area contributed by atoms with E-state index < -0.39 is 11.4 Å². The number of halogens is 2. The van der Waals surface area contributed by atoms with Gasteiger partial charge in [-0.05, 0) is 25.0 Å². The zero-order valence-corrected chi connectivity index (χ0v) is 12.2. The number of hydrogen-bond donors (Lipinski definition) is 1. The Morgan fingerprint density at radius 3 is 2.71 bits per heavy atom. The molecule has 0 saturated heterocycles. The first kappa shape index (κ1) is 15.7. The van der Waals surface area contributed by atoms with Crippen LogP contribution >= 0.6 is 12.4 Å². The molecule has 1 heterocycles. The van der Waals surface area contributed by atoms with Crippen molar-refractivity contribution in [2.24, 2.45) is 5.73 Å². The van der Waals surface area contributed by atoms with Gasteiger partial charge in [0.1, 0.15) is 0 Å². The van der Waals surface area contributed by atoms with Gasteiger partial charge >= 0.3 is 0 Å². The third-order valence-electron chi connectivity index (χ3n) is 3.58. The average Bonchev–Trinajstić information content (AvgIpc) is 3.08. The highest BCUT2D eigenvalue weighted by atomic mass is 35.5. The van der Waals surface area contributed by atoms with Gasteiger partial charge < -0.3 is 15.0 Å². The molecule has 0 radical (unpaired) electrons. The molecule has 1 saturated carbocycles. The molecular formula is C14H17ClFN3O2. The van der Waals surface area contributed by atoms with E-state index in [1.165, 1.54) is 6.07 Å². The molecule has 21 heavy (non-hydrogen) atoms. The fourth-order valence-corrected chi connectivity index (χ4v) is 2.44. The highest BCUT2D eigenvalue weighted by Crippen LogP contribution is 2.35. The minimum absolute atomic E-state index is 0. The summed E-state index contributed by atoms with van der Waals surface area (Å²) in [6, 6.07) is 6.20. The molecule has 1 aromatic carbocycles. The Morgan fingerprint density at radius 2 is 2.00 bits per heavy atom. The van der Waals surface area contributed by atoms with Gasteiger partial charge in [0.05, 0.1) is 5.54 Å². The topological polar surface area (TPSA) is 74.2 Å². The average molecular weight is 314 g/mol. The van der Waals surface area contributed by atoms with E-state index in [-0.39, 0.29) is 24.8 Å². The van der Waals surface area contributed by atoms with Crippen LogP contribution in [0.5, 0.6) is 5.75 Å². The van der Waals surface area contributed by atoms with Gasteiger partial charge in [0.25, 0.3) is 0 Å². The number of nitrogens with two attached hydrogens (primary N) is 1. The van der Waals surface area contributed by atoms with Crippen LogP contribution in [0.15, 0.2) is 28.8 Å². The maximum absolute atomic E-state index is 13.4. The molecule has 1 aliphatic carbocycles. The van der Waals surface area contributed by atoms with Gasteiger partial charge in [0.15, 0.2) is 18.2 Å². The number of rotatable bonds is 4. The quantitative estimate of drug-likeness (QED) is 0.939. The summed E-state index contributed by atoms with van der Waals surface area (Å²) in [7, 11) is 0. The maximum atomic E-state index is 13.4. The van der Waals surface area contributed by atoms with Gasteiger partial charge in [0.2, 0.25) is 11.7 Å². The summed E-state index contributed by atoms with van der Waals surface area (Å²) in [6.07, 6.45) is 3.84. The van der Waals surface area contributed by atoms with Crippen molar-refractivity contribution >= 4 is 12.4 Å². The van der Waals surface area contributed by atoms with Crippen molar-refractivity contribution in [1.82, 2.24) is 10.1 Å². The summed E-state index contributed by atoms with van der Waals surface area (Å²) in [6.45, 7) is 0.0561.